The van der Waals surface area contributed by atoms with Gasteiger partial charge in [0.1, 0.15) is 5.69 Å². The number of piperazine rings is 1. The first kappa shape index (κ1) is 25.2. The number of hydrogen-bond donors (Lipinski definition) is 2. The van der Waals surface area contributed by atoms with Gasteiger partial charge in [0.05, 0.1) is 13.2 Å². The molecule has 4 aromatic rings. The fourth-order valence-electron chi connectivity index (χ4n) is 4.90. The molecule has 3 amide bonds. The Morgan fingerprint density at radius 1 is 1.08 bits per heavy atom. The molecule has 0 spiro atoms. The van der Waals surface area contributed by atoms with Gasteiger partial charge >= 0.3 is 6.03 Å². The molecule has 1 aliphatic rings. The SMILES string of the molecule is [C-]#[N+]c1ccc2cc(C(N)=O)n(Cc3cc(NC(=O)N4CCN(CCOC)CC4)cc4ccccc34)c2n1. The van der Waals surface area contributed by atoms with Crippen molar-refractivity contribution in [3.63, 3.8) is 0 Å². The average Bonchev–Trinajstić information content (AvgIpc) is 3.30. The predicted octanol–water partition coefficient (Wildman–Crippen LogP) is 3.68. The van der Waals surface area contributed by atoms with Crippen molar-refractivity contribution in [3.8, 4) is 0 Å². The quantitative estimate of drug-likeness (QED) is 0.368. The number of anilines is 1. The number of fused-ring (bicyclic) bond motifs is 2. The van der Waals surface area contributed by atoms with Crippen LogP contribution in [0.1, 0.15) is 16.1 Å². The lowest BCUT2D eigenvalue weighted by Gasteiger charge is -2.34. The van der Waals surface area contributed by atoms with Crippen molar-refractivity contribution in [2.75, 3.05) is 51.8 Å². The third kappa shape index (κ3) is 5.16. The summed E-state index contributed by atoms with van der Waals surface area (Å²) in [5, 5.41) is 5.73. The maximum atomic E-state index is 13.1. The van der Waals surface area contributed by atoms with Crippen LogP contribution in [0.5, 0.6) is 0 Å². The summed E-state index contributed by atoms with van der Waals surface area (Å²) in [7, 11) is 1.69. The molecule has 0 radical (unpaired) electrons. The number of hydrogen-bond acceptors (Lipinski definition) is 5. The molecule has 3 heterocycles. The Balaban J connectivity index is 1.45. The van der Waals surface area contributed by atoms with Crippen molar-refractivity contribution in [2.24, 2.45) is 5.73 Å². The van der Waals surface area contributed by atoms with Crippen LogP contribution >= 0.6 is 0 Å². The first-order chi connectivity index (χ1) is 18.5. The van der Waals surface area contributed by atoms with Gasteiger partial charge in [-0.15, -0.1) is 4.98 Å². The van der Waals surface area contributed by atoms with Gasteiger partial charge in [0, 0.05) is 50.9 Å². The molecule has 10 nitrogen and oxygen atoms in total. The highest BCUT2D eigenvalue weighted by Crippen LogP contribution is 2.28. The van der Waals surface area contributed by atoms with Gasteiger partial charge in [-0.1, -0.05) is 36.9 Å². The Morgan fingerprint density at radius 3 is 2.61 bits per heavy atom. The summed E-state index contributed by atoms with van der Waals surface area (Å²) in [6.45, 7) is 12.0. The summed E-state index contributed by atoms with van der Waals surface area (Å²) in [5.74, 6) is -0.341. The zero-order valence-electron chi connectivity index (χ0n) is 21.2. The Hall–Kier alpha value is -4.46. The highest BCUT2D eigenvalue weighted by molar-refractivity contribution is 5.98. The van der Waals surface area contributed by atoms with Gasteiger partial charge in [-0.05, 0) is 40.6 Å². The van der Waals surface area contributed by atoms with Gasteiger partial charge in [-0.3, -0.25) is 14.3 Å². The van der Waals surface area contributed by atoms with Crippen molar-refractivity contribution in [2.45, 2.75) is 6.54 Å². The van der Waals surface area contributed by atoms with E-state index in [1.54, 1.807) is 29.9 Å². The molecule has 1 saturated heterocycles. The van der Waals surface area contributed by atoms with Crippen LogP contribution < -0.4 is 11.1 Å². The van der Waals surface area contributed by atoms with Gasteiger partial charge in [0.2, 0.25) is 5.65 Å². The monoisotopic (exact) mass is 511 g/mol. The molecule has 194 valence electrons. The van der Waals surface area contributed by atoms with E-state index in [-0.39, 0.29) is 11.8 Å². The second-order valence-corrected chi connectivity index (χ2v) is 9.28. The average molecular weight is 512 g/mol. The first-order valence-electron chi connectivity index (χ1n) is 12.4. The number of rotatable bonds is 7. The molecular weight excluding hydrogens is 482 g/mol. The molecular formula is C28H29N7O3. The van der Waals surface area contributed by atoms with E-state index >= 15 is 0 Å². The minimum absolute atomic E-state index is 0.148. The van der Waals surface area contributed by atoms with E-state index in [9.17, 15) is 9.59 Å². The van der Waals surface area contributed by atoms with E-state index in [2.05, 4.69) is 20.0 Å². The Bertz CT molecular complexity index is 1550. The van der Waals surface area contributed by atoms with Crippen LogP contribution in [0.4, 0.5) is 16.3 Å². The molecule has 2 aromatic heterocycles. The van der Waals surface area contributed by atoms with Gasteiger partial charge < -0.3 is 25.5 Å². The van der Waals surface area contributed by atoms with Crippen LogP contribution in [0.3, 0.4) is 0 Å². The lowest BCUT2D eigenvalue weighted by Crippen LogP contribution is -2.50. The molecule has 38 heavy (non-hydrogen) atoms. The Morgan fingerprint density at radius 2 is 1.87 bits per heavy atom. The van der Waals surface area contributed by atoms with Gasteiger partial charge in [-0.2, -0.15) is 0 Å². The van der Waals surface area contributed by atoms with Crippen molar-refractivity contribution < 1.29 is 14.3 Å². The van der Waals surface area contributed by atoms with Gasteiger partial charge in [0.15, 0.2) is 0 Å². The first-order valence-corrected chi connectivity index (χ1v) is 12.4. The molecule has 0 unspecified atom stereocenters. The highest BCUT2D eigenvalue weighted by Gasteiger charge is 2.22. The van der Waals surface area contributed by atoms with Crippen LogP contribution in [-0.4, -0.2) is 77.7 Å². The largest absolute Gasteiger partial charge is 0.383 e. The summed E-state index contributed by atoms with van der Waals surface area (Å²) in [6.07, 6.45) is 0. The number of nitrogens with two attached hydrogens (primary N) is 1. The number of benzene rings is 2. The fraction of sp³-hybridized carbons (Fsp3) is 0.286. The number of aromatic nitrogens is 2. The molecule has 0 atom stereocenters. The van der Waals surface area contributed by atoms with Crippen molar-refractivity contribution in [1.82, 2.24) is 19.4 Å². The van der Waals surface area contributed by atoms with E-state index in [1.165, 1.54) is 0 Å². The van der Waals surface area contributed by atoms with E-state index in [4.69, 9.17) is 17.0 Å². The molecule has 1 aliphatic heterocycles. The van der Waals surface area contributed by atoms with Gasteiger partial charge in [0.25, 0.3) is 11.7 Å². The Kier molecular flexibility index (Phi) is 7.22. The van der Waals surface area contributed by atoms with E-state index in [0.29, 0.717) is 43.3 Å². The number of amides is 3. The van der Waals surface area contributed by atoms with Crippen molar-refractivity contribution in [3.05, 3.63) is 77.3 Å². The summed E-state index contributed by atoms with van der Waals surface area (Å²) >= 11 is 0. The molecule has 2 aromatic carbocycles. The second kappa shape index (κ2) is 10.9. The summed E-state index contributed by atoms with van der Waals surface area (Å²) < 4.78 is 6.89. The summed E-state index contributed by atoms with van der Waals surface area (Å²) in [5.41, 5.74) is 8.08. The van der Waals surface area contributed by atoms with E-state index in [1.807, 2.05) is 41.3 Å². The minimum atomic E-state index is -0.578. The number of ether oxygens (including phenoxy) is 1. The normalized spacial score (nSPS) is 14.1. The van der Waals surface area contributed by atoms with E-state index < -0.39 is 5.91 Å². The predicted molar refractivity (Wildman–Crippen MR) is 146 cm³/mol. The van der Waals surface area contributed by atoms with Crippen LogP contribution in [0.2, 0.25) is 0 Å². The van der Waals surface area contributed by atoms with Crippen LogP contribution in [0.25, 0.3) is 26.7 Å². The minimum Gasteiger partial charge on any atom is -0.383 e. The molecule has 1 fully saturated rings. The maximum absolute atomic E-state index is 13.1. The zero-order chi connectivity index (χ0) is 26.6. The fourth-order valence-corrected chi connectivity index (χ4v) is 4.90. The van der Waals surface area contributed by atoms with Crippen molar-refractivity contribution in [1.29, 1.82) is 0 Å². The van der Waals surface area contributed by atoms with Crippen LogP contribution in [-0.2, 0) is 11.3 Å². The lowest BCUT2D eigenvalue weighted by atomic mass is 10.0. The number of urea groups is 1. The summed E-state index contributed by atoms with van der Waals surface area (Å²) in [6, 6.07) is 16.7. The third-order valence-electron chi connectivity index (χ3n) is 6.89. The number of methoxy groups -OCH3 is 1. The third-order valence-corrected chi connectivity index (χ3v) is 6.89. The second-order valence-electron chi connectivity index (χ2n) is 9.28. The molecule has 3 N–H and O–H groups in total. The molecule has 0 aliphatic carbocycles. The lowest BCUT2D eigenvalue weighted by molar-refractivity contribution is 0.0992. The topological polar surface area (TPSA) is 110 Å². The summed E-state index contributed by atoms with van der Waals surface area (Å²) in [4.78, 5) is 37.4. The smallest absolute Gasteiger partial charge is 0.321 e. The number of nitrogens with one attached hydrogen (secondary N) is 1. The van der Waals surface area contributed by atoms with Crippen LogP contribution in [0, 0.1) is 6.57 Å². The van der Waals surface area contributed by atoms with Crippen LogP contribution in [0.15, 0.2) is 54.6 Å². The molecule has 0 saturated carbocycles. The van der Waals surface area contributed by atoms with Gasteiger partial charge in [-0.25, -0.2) is 4.79 Å². The number of nitrogens with zero attached hydrogens (tertiary/aromatic N) is 5. The highest BCUT2D eigenvalue weighted by atomic mass is 16.5. The Labute approximate surface area is 220 Å². The number of carbonyl (C=O) groups is 2. The zero-order valence-corrected chi connectivity index (χ0v) is 21.2. The van der Waals surface area contributed by atoms with Crippen molar-refractivity contribution >= 4 is 45.2 Å². The number of carbonyl (C=O) groups excluding carboxylic acids is 2. The molecule has 5 rings (SSSR count). The maximum Gasteiger partial charge on any atom is 0.321 e. The standard InChI is InChI=1S/C28H29N7O3/c1-30-25-8-7-20-17-24(26(29)36)35(27(20)32-25)18-21-16-22(15-19-5-3-4-6-23(19)21)31-28(37)34-11-9-33(10-12-34)13-14-38-2/h3-8,15-17H,9-14,18H2,2H3,(H2,29,36)(H,31,37). The number of pyridine rings is 1. The van der Waals surface area contributed by atoms with E-state index in [0.717, 1.165) is 41.4 Å². The molecule has 0 bridgehead atoms. The number of primary amides is 1. The molecule has 10 heteroatoms.